The normalized spacial score (nSPS) is 15.7. The Bertz CT molecular complexity index is 992. The predicted molar refractivity (Wildman–Crippen MR) is 175 cm³/mol. The van der Waals surface area contributed by atoms with Gasteiger partial charge in [0.1, 0.15) is 6.29 Å². The summed E-state index contributed by atoms with van der Waals surface area (Å²) in [5.41, 5.74) is 7.28. The van der Waals surface area contributed by atoms with Crippen molar-refractivity contribution in [1.82, 2.24) is 20.9 Å². The van der Waals surface area contributed by atoms with Crippen molar-refractivity contribution in [3.8, 4) is 0 Å². The molecule has 1 atom stereocenters. The number of rotatable bonds is 13. The molecule has 0 bridgehead atoms. The lowest BCUT2D eigenvalue weighted by Gasteiger charge is -2.26. The Kier molecular flexibility index (Phi) is 19.9. The molecule has 236 valence electrons. The number of hydrogen-bond donors (Lipinski definition) is 4. The summed E-state index contributed by atoms with van der Waals surface area (Å²) in [6.45, 7) is 14.4. The lowest BCUT2D eigenvalue weighted by molar-refractivity contribution is -0.122. The third kappa shape index (κ3) is 16.3. The molecule has 5 N–H and O–H groups in total. The molecule has 11 heteroatoms. The number of carbonyl (C=O) groups excluding carboxylic acids is 3. The van der Waals surface area contributed by atoms with Crippen LogP contribution >= 0.6 is 23.4 Å². The second-order valence-electron chi connectivity index (χ2n) is 10.3. The number of nitrogens with one attached hydrogen (secondary N) is 3. The van der Waals surface area contributed by atoms with Crippen LogP contribution in [0.15, 0.2) is 46.7 Å². The fraction of sp³-hybridized carbons (Fsp3) is 0.581. The molecule has 42 heavy (non-hydrogen) atoms. The fourth-order valence-corrected chi connectivity index (χ4v) is 5.63. The highest BCUT2D eigenvalue weighted by Crippen LogP contribution is 2.34. The molecule has 1 unspecified atom stereocenters. The number of nitrogens with zero attached hydrogens (tertiary/aromatic N) is 1. The number of nitrogens with two attached hydrogens (primary N) is 1. The van der Waals surface area contributed by atoms with Crippen molar-refractivity contribution in [2.24, 2.45) is 5.92 Å². The standard InChI is InChI=1S/C19H28ClN3OS.C8H13NO2.C4H9NO/c1-13(25-18-11-15(20)8-9-16(18)21)7-10-19(24)23-17(12-22-2)14-5-3-4-6-14;1-8(7-10)6-9-2-4-11-5-3-9;1-3-4(6)5-2/h8-9,11,14,17,22H,1,3-7,10,12,21H2,2H3,(H,23,24);7H,1-6H2;3H2,1-2H3,(H,5,6). The van der Waals surface area contributed by atoms with Gasteiger partial charge in [0, 0.05) is 67.7 Å². The molecule has 0 spiro atoms. The Morgan fingerprint density at radius 2 is 1.83 bits per heavy atom. The summed E-state index contributed by atoms with van der Waals surface area (Å²) in [7, 11) is 3.56. The van der Waals surface area contributed by atoms with Crippen LogP contribution in [0.2, 0.25) is 5.02 Å². The molecule has 1 saturated heterocycles. The van der Waals surface area contributed by atoms with E-state index >= 15 is 0 Å². The van der Waals surface area contributed by atoms with Crippen LogP contribution in [0.1, 0.15) is 51.9 Å². The van der Waals surface area contributed by atoms with E-state index in [2.05, 4.69) is 34.0 Å². The van der Waals surface area contributed by atoms with Crippen LogP contribution in [0, 0.1) is 5.92 Å². The van der Waals surface area contributed by atoms with Crippen molar-refractivity contribution in [3.05, 3.63) is 46.9 Å². The van der Waals surface area contributed by atoms with E-state index in [-0.39, 0.29) is 17.9 Å². The van der Waals surface area contributed by atoms with Crippen molar-refractivity contribution in [2.45, 2.75) is 62.8 Å². The molecule has 2 aliphatic rings. The number of anilines is 1. The first-order valence-electron chi connectivity index (χ1n) is 14.6. The van der Waals surface area contributed by atoms with Gasteiger partial charge in [0.2, 0.25) is 11.8 Å². The monoisotopic (exact) mass is 623 g/mol. The highest BCUT2D eigenvalue weighted by atomic mass is 35.5. The topological polar surface area (TPSA) is 126 Å². The third-order valence-electron chi connectivity index (χ3n) is 6.90. The number of morpholine rings is 1. The molecule has 9 nitrogen and oxygen atoms in total. The van der Waals surface area contributed by atoms with E-state index in [0.717, 1.165) is 48.9 Å². The van der Waals surface area contributed by atoms with Crippen LogP contribution in [0.25, 0.3) is 0 Å². The van der Waals surface area contributed by atoms with E-state index in [4.69, 9.17) is 22.1 Å². The van der Waals surface area contributed by atoms with Crippen molar-refractivity contribution >= 4 is 47.2 Å². The lowest BCUT2D eigenvalue weighted by Crippen LogP contribution is -2.45. The number of halogens is 1. The maximum atomic E-state index is 12.3. The van der Waals surface area contributed by atoms with Crippen molar-refractivity contribution < 1.29 is 19.1 Å². The highest BCUT2D eigenvalue weighted by molar-refractivity contribution is 8.03. The van der Waals surface area contributed by atoms with E-state index in [1.54, 1.807) is 19.2 Å². The van der Waals surface area contributed by atoms with Gasteiger partial charge in [0.25, 0.3) is 0 Å². The maximum absolute atomic E-state index is 12.3. The molecule has 2 fully saturated rings. The zero-order valence-corrected chi connectivity index (χ0v) is 27.1. The SMILES string of the molecule is C=C(C=O)CN1CCOCC1.C=C(CCC(=O)NC(CNC)C1CCCC1)Sc1cc(Cl)ccc1N.CCC(=O)NC. The van der Waals surface area contributed by atoms with Gasteiger partial charge in [-0.05, 0) is 60.9 Å². The van der Waals surface area contributed by atoms with E-state index in [0.29, 0.717) is 48.0 Å². The Morgan fingerprint density at radius 1 is 1.17 bits per heavy atom. The second kappa shape index (κ2) is 22.2. The number of benzene rings is 1. The molecule has 1 aromatic carbocycles. The predicted octanol–water partition coefficient (Wildman–Crippen LogP) is 4.42. The number of hydrogen-bond acceptors (Lipinski definition) is 8. The third-order valence-corrected chi connectivity index (χ3v) is 8.20. The fourth-order valence-electron chi connectivity index (χ4n) is 4.51. The van der Waals surface area contributed by atoms with Crippen LogP contribution in [-0.4, -0.2) is 82.5 Å². The quantitative estimate of drug-likeness (QED) is 0.110. The molecule has 1 saturated carbocycles. The largest absolute Gasteiger partial charge is 0.398 e. The maximum Gasteiger partial charge on any atom is 0.220 e. The average Bonchev–Trinajstić information content (AvgIpc) is 3.54. The zero-order valence-electron chi connectivity index (χ0n) is 25.5. The Labute approximate surface area is 261 Å². The molecular weight excluding hydrogens is 574 g/mol. The molecule has 1 heterocycles. The van der Waals surface area contributed by atoms with Gasteiger partial charge in [-0.3, -0.25) is 19.3 Å². The molecule has 1 aromatic rings. The zero-order chi connectivity index (χ0) is 31.3. The lowest BCUT2D eigenvalue weighted by atomic mass is 9.98. The molecule has 0 aromatic heterocycles. The van der Waals surface area contributed by atoms with E-state index in [9.17, 15) is 14.4 Å². The van der Waals surface area contributed by atoms with E-state index < -0.39 is 0 Å². The Hall–Kier alpha value is -2.37. The molecule has 0 radical (unpaired) electrons. The van der Waals surface area contributed by atoms with E-state index in [1.165, 1.54) is 37.4 Å². The first-order chi connectivity index (χ1) is 20.1. The van der Waals surface area contributed by atoms with Crippen LogP contribution in [0.5, 0.6) is 0 Å². The number of aldehydes is 1. The second-order valence-corrected chi connectivity index (χ2v) is 11.9. The summed E-state index contributed by atoms with van der Waals surface area (Å²) in [4.78, 5) is 36.6. The van der Waals surface area contributed by atoms with E-state index in [1.807, 2.05) is 20.0 Å². The summed E-state index contributed by atoms with van der Waals surface area (Å²) in [5.74, 6) is 0.781. The smallest absolute Gasteiger partial charge is 0.220 e. The Morgan fingerprint density at radius 3 is 2.38 bits per heavy atom. The minimum absolute atomic E-state index is 0.0907. The summed E-state index contributed by atoms with van der Waals surface area (Å²) in [6, 6.07) is 5.61. The van der Waals surface area contributed by atoms with Crippen LogP contribution in [0.3, 0.4) is 0 Å². The van der Waals surface area contributed by atoms with Gasteiger partial charge in [-0.2, -0.15) is 0 Å². The van der Waals surface area contributed by atoms with Crippen LogP contribution in [-0.2, 0) is 19.1 Å². The number of likely N-dealkylation sites (N-methyl/N-ethyl adjacent to an activating group) is 1. The van der Waals surface area contributed by atoms with Crippen LogP contribution < -0.4 is 21.7 Å². The Balaban J connectivity index is 0.000000425. The van der Waals surface area contributed by atoms with Crippen molar-refractivity contribution in [2.75, 3.05) is 59.2 Å². The number of nitrogen functional groups attached to an aromatic ring is 1. The first kappa shape index (κ1) is 37.7. The molecule has 1 aliphatic carbocycles. The van der Waals surface area contributed by atoms with Gasteiger partial charge in [0.15, 0.2) is 0 Å². The van der Waals surface area contributed by atoms with Gasteiger partial charge >= 0.3 is 0 Å². The average molecular weight is 624 g/mol. The first-order valence-corrected chi connectivity index (χ1v) is 15.8. The number of thioether (sulfide) groups is 1. The summed E-state index contributed by atoms with van der Waals surface area (Å²) in [6.07, 6.45) is 7.43. The molecule has 2 amide bonds. The summed E-state index contributed by atoms with van der Waals surface area (Å²) in [5, 5.41) is 9.52. The van der Waals surface area contributed by atoms with Gasteiger partial charge in [-0.15, -0.1) is 0 Å². The number of ether oxygens (including phenoxy) is 1. The highest BCUT2D eigenvalue weighted by Gasteiger charge is 2.25. The molecule has 1 aliphatic heterocycles. The van der Waals surface area contributed by atoms with Crippen LogP contribution in [0.4, 0.5) is 5.69 Å². The number of carbonyl (C=O) groups is 3. The molecular formula is C31H50ClN5O4S. The minimum atomic E-state index is 0.0907. The van der Waals surface area contributed by atoms with Gasteiger partial charge in [-0.1, -0.05) is 56.3 Å². The number of amides is 2. The summed E-state index contributed by atoms with van der Waals surface area (Å²) >= 11 is 7.49. The van der Waals surface area contributed by atoms with Gasteiger partial charge < -0.3 is 26.4 Å². The van der Waals surface area contributed by atoms with Crippen molar-refractivity contribution in [1.29, 1.82) is 0 Å². The summed E-state index contributed by atoms with van der Waals surface area (Å²) < 4.78 is 5.16. The van der Waals surface area contributed by atoms with Gasteiger partial charge in [-0.25, -0.2) is 0 Å². The van der Waals surface area contributed by atoms with Crippen molar-refractivity contribution in [3.63, 3.8) is 0 Å². The minimum Gasteiger partial charge on any atom is -0.398 e. The molecule has 3 rings (SSSR count). The number of allylic oxidation sites excluding steroid dienone is 1. The van der Waals surface area contributed by atoms with Gasteiger partial charge in [0.05, 0.1) is 13.2 Å².